The van der Waals surface area contributed by atoms with E-state index in [9.17, 15) is 10.1 Å². The highest BCUT2D eigenvalue weighted by Crippen LogP contribution is 2.35. The van der Waals surface area contributed by atoms with Crippen molar-refractivity contribution in [2.75, 3.05) is 17.2 Å². The Morgan fingerprint density at radius 3 is 2.57 bits per heavy atom. The minimum absolute atomic E-state index is 0.139. The molecular formula is C16H25N3O2. The second-order valence-corrected chi connectivity index (χ2v) is 5.88. The Kier molecular flexibility index (Phi) is 5.42. The van der Waals surface area contributed by atoms with Crippen molar-refractivity contribution in [3.8, 4) is 0 Å². The molecule has 116 valence electrons. The van der Waals surface area contributed by atoms with Crippen molar-refractivity contribution >= 4 is 17.1 Å². The molecule has 1 aromatic carbocycles. The summed E-state index contributed by atoms with van der Waals surface area (Å²) in [5.41, 5.74) is 1.80. The van der Waals surface area contributed by atoms with Crippen molar-refractivity contribution in [1.29, 1.82) is 0 Å². The maximum atomic E-state index is 11.1. The number of hydrogen-bond acceptors (Lipinski definition) is 4. The van der Waals surface area contributed by atoms with E-state index >= 15 is 0 Å². The molecule has 0 aromatic heterocycles. The van der Waals surface area contributed by atoms with Crippen molar-refractivity contribution in [2.45, 2.75) is 52.0 Å². The van der Waals surface area contributed by atoms with Gasteiger partial charge in [0.05, 0.1) is 4.92 Å². The monoisotopic (exact) mass is 291 g/mol. The van der Waals surface area contributed by atoms with Gasteiger partial charge in [-0.05, 0) is 31.2 Å². The molecule has 21 heavy (non-hydrogen) atoms. The first-order valence-corrected chi connectivity index (χ1v) is 7.92. The van der Waals surface area contributed by atoms with Crippen LogP contribution >= 0.6 is 0 Å². The number of anilines is 2. The molecular weight excluding hydrogens is 266 g/mol. The molecule has 1 aliphatic carbocycles. The molecule has 1 saturated carbocycles. The van der Waals surface area contributed by atoms with Crippen molar-refractivity contribution in [1.82, 2.24) is 0 Å². The lowest BCUT2D eigenvalue weighted by Gasteiger charge is -2.18. The Morgan fingerprint density at radius 1 is 1.29 bits per heavy atom. The summed E-state index contributed by atoms with van der Waals surface area (Å²) in [4.78, 5) is 10.7. The Hall–Kier alpha value is -1.78. The van der Waals surface area contributed by atoms with Crippen molar-refractivity contribution in [2.24, 2.45) is 5.92 Å². The average molecular weight is 291 g/mol. The van der Waals surface area contributed by atoms with Gasteiger partial charge in [-0.15, -0.1) is 0 Å². The van der Waals surface area contributed by atoms with Crippen LogP contribution in [0.25, 0.3) is 0 Å². The number of nitrogens with one attached hydrogen (secondary N) is 2. The summed E-state index contributed by atoms with van der Waals surface area (Å²) in [6, 6.07) is 5.60. The zero-order valence-electron chi connectivity index (χ0n) is 12.9. The van der Waals surface area contributed by atoms with Gasteiger partial charge in [0, 0.05) is 36.1 Å². The van der Waals surface area contributed by atoms with Gasteiger partial charge in [-0.2, -0.15) is 0 Å². The van der Waals surface area contributed by atoms with Gasteiger partial charge in [0.1, 0.15) is 0 Å². The van der Waals surface area contributed by atoms with Crippen molar-refractivity contribution < 1.29 is 4.92 Å². The fraction of sp³-hybridized carbons (Fsp3) is 0.625. The molecule has 0 spiro atoms. The summed E-state index contributed by atoms with van der Waals surface area (Å²) in [5, 5.41) is 17.8. The van der Waals surface area contributed by atoms with Gasteiger partial charge in [0.15, 0.2) is 0 Å². The number of nitrogens with zero attached hydrogens (tertiary/aromatic N) is 1. The van der Waals surface area contributed by atoms with E-state index < -0.39 is 0 Å². The van der Waals surface area contributed by atoms with Crippen molar-refractivity contribution in [3.05, 3.63) is 28.3 Å². The molecule has 0 heterocycles. The lowest BCUT2D eigenvalue weighted by molar-refractivity contribution is -0.384. The largest absolute Gasteiger partial charge is 0.385 e. The lowest BCUT2D eigenvalue weighted by atomic mass is 10.1. The molecule has 1 fully saturated rings. The molecule has 2 N–H and O–H groups in total. The second-order valence-electron chi connectivity index (χ2n) is 5.88. The van der Waals surface area contributed by atoms with Crippen LogP contribution in [0.3, 0.4) is 0 Å². The summed E-state index contributed by atoms with van der Waals surface area (Å²) in [7, 11) is 0. The maximum Gasteiger partial charge on any atom is 0.273 e. The van der Waals surface area contributed by atoms with E-state index in [-0.39, 0.29) is 10.6 Å². The molecule has 1 atom stereocenters. The first kappa shape index (κ1) is 15.6. The zero-order chi connectivity index (χ0) is 15.2. The van der Waals surface area contributed by atoms with Crippen LogP contribution in [0.5, 0.6) is 0 Å². The summed E-state index contributed by atoms with van der Waals surface area (Å²) in [5.74, 6) is 0.846. The Bertz CT molecular complexity index is 486. The molecule has 0 bridgehead atoms. The van der Waals surface area contributed by atoms with Gasteiger partial charge in [0.2, 0.25) is 0 Å². The smallest absolute Gasteiger partial charge is 0.273 e. The van der Waals surface area contributed by atoms with Crippen LogP contribution in [-0.2, 0) is 0 Å². The van der Waals surface area contributed by atoms with E-state index in [0.29, 0.717) is 6.04 Å². The number of benzene rings is 1. The Morgan fingerprint density at radius 2 is 2.00 bits per heavy atom. The Labute approximate surface area is 126 Å². The summed E-state index contributed by atoms with van der Waals surface area (Å²) in [6.07, 6.45) is 5.85. The number of rotatable bonds is 9. The van der Waals surface area contributed by atoms with E-state index in [4.69, 9.17) is 0 Å². The first-order valence-electron chi connectivity index (χ1n) is 7.92. The minimum atomic E-state index is -0.329. The molecule has 1 unspecified atom stereocenters. The third-order valence-electron chi connectivity index (χ3n) is 3.89. The van der Waals surface area contributed by atoms with Gasteiger partial charge in [-0.25, -0.2) is 0 Å². The van der Waals surface area contributed by atoms with Gasteiger partial charge < -0.3 is 10.6 Å². The van der Waals surface area contributed by atoms with Gasteiger partial charge >= 0.3 is 0 Å². The lowest BCUT2D eigenvalue weighted by Crippen LogP contribution is -2.19. The highest BCUT2D eigenvalue weighted by Gasteiger charge is 2.25. The fourth-order valence-corrected chi connectivity index (χ4v) is 2.49. The van der Waals surface area contributed by atoms with Gasteiger partial charge in [0.25, 0.3) is 5.69 Å². The molecule has 2 rings (SSSR count). The van der Waals surface area contributed by atoms with E-state index in [1.165, 1.54) is 12.8 Å². The summed E-state index contributed by atoms with van der Waals surface area (Å²) >= 11 is 0. The molecule has 0 amide bonds. The van der Waals surface area contributed by atoms with Crippen molar-refractivity contribution in [3.63, 3.8) is 0 Å². The van der Waals surface area contributed by atoms with E-state index in [2.05, 4.69) is 24.5 Å². The summed E-state index contributed by atoms with van der Waals surface area (Å²) < 4.78 is 0. The van der Waals surface area contributed by atoms with E-state index in [1.807, 2.05) is 6.07 Å². The topological polar surface area (TPSA) is 67.2 Å². The first-order chi connectivity index (χ1) is 10.1. The number of hydrogen-bond donors (Lipinski definition) is 2. The second kappa shape index (κ2) is 7.29. The number of nitro benzene ring substituents is 1. The Balaban J connectivity index is 2.11. The van der Waals surface area contributed by atoms with E-state index in [1.54, 1.807) is 12.1 Å². The third-order valence-corrected chi connectivity index (χ3v) is 3.89. The SMILES string of the molecule is CCCNc1cc(NC(CC)CC2CC2)cc([N+](=O)[O-])c1. The molecule has 5 nitrogen and oxygen atoms in total. The maximum absolute atomic E-state index is 11.1. The standard InChI is InChI=1S/C16H25N3O2/c1-3-7-17-14-9-15(11-16(10-14)19(20)21)18-13(4-2)8-12-5-6-12/h9-13,17-18H,3-8H2,1-2H3. The van der Waals surface area contributed by atoms with Gasteiger partial charge in [-0.1, -0.05) is 26.7 Å². The molecule has 0 aliphatic heterocycles. The minimum Gasteiger partial charge on any atom is -0.385 e. The molecule has 5 heteroatoms. The highest BCUT2D eigenvalue weighted by atomic mass is 16.6. The predicted molar refractivity (Wildman–Crippen MR) is 86.9 cm³/mol. The average Bonchev–Trinajstić information content (AvgIpc) is 3.28. The van der Waals surface area contributed by atoms with Crippen LogP contribution in [0.15, 0.2) is 18.2 Å². The molecule has 1 aromatic rings. The third kappa shape index (κ3) is 4.92. The molecule has 0 radical (unpaired) electrons. The normalized spacial score (nSPS) is 15.5. The zero-order valence-corrected chi connectivity index (χ0v) is 12.9. The van der Waals surface area contributed by atoms with Crippen LogP contribution in [-0.4, -0.2) is 17.5 Å². The summed E-state index contributed by atoms with van der Waals surface area (Å²) in [6.45, 7) is 5.06. The van der Waals surface area contributed by atoms with Crippen LogP contribution < -0.4 is 10.6 Å². The number of nitro groups is 1. The highest BCUT2D eigenvalue weighted by molar-refractivity contribution is 5.63. The van der Waals surface area contributed by atoms with Crippen LogP contribution in [0.2, 0.25) is 0 Å². The predicted octanol–water partition coefficient (Wildman–Crippen LogP) is 4.41. The van der Waals surface area contributed by atoms with Crippen LogP contribution in [0, 0.1) is 16.0 Å². The molecule has 1 aliphatic rings. The fourth-order valence-electron chi connectivity index (χ4n) is 2.49. The number of non-ortho nitro benzene ring substituents is 1. The van der Waals surface area contributed by atoms with E-state index in [0.717, 1.165) is 43.1 Å². The quantitative estimate of drug-likeness (QED) is 0.522. The molecule has 0 saturated heterocycles. The van der Waals surface area contributed by atoms with Crippen LogP contribution in [0.1, 0.15) is 46.0 Å². The van der Waals surface area contributed by atoms with Gasteiger partial charge in [-0.3, -0.25) is 10.1 Å². The van der Waals surface area contributed by atoms with Crippen LogP contribution in [0.4, 0.5) is 17.1 Å².